The van der Waals surface area contributed by atoms with Gasteiger partial charge in [0.2, 0.25) is 5.91 Å². The van der Waals surface area contributed by atoms with Gasteiger partial charge < -0.3 is 5.32 Å². The predicted octanol–water partition coefficient (Wildman–Crippen LogP) is 4.29. The number of hydrogen-bond acceptors (Lipinski definition) is 3. The average molecular weight is 382 g/mol. The second-order valence-electron chi connectivity index (χ2n) is 6.31. The van der Waals surface area contributed by atoms with Crippen LogP contribution in [0.2, 0.25) is 5.02 Å². The summed E-state index contributed by atoms with van der Waals surface area (Å²) < 4.78 is 1.40. The van der Waals surface area contributed by atoms with Crippen LogP contribution in [0.3, 0.4) is 0 Å². The number of hydrogen-bond donors (Lipinski definition) is 1. The molecule has 0 unspecified atom stereocenters. The number of rotatable bonds is 6. The molecule has 0 saturated carbocycles. The molecule has 3 rings (SSSR count). The van der Waals surface area contributed by atoms with Crippen LogP contribution in [0.15, 0.2) is 65.5 Å². The van der Waals surface area contributed by atoms with Crippen LogP contribution in [0.25, 0.3) is 11.3 Å². The van der Waals surface area contributed by atoms with E-state index >= 15 is 0 Å². The third kappa shape index (κ3) is 5.28. The summed E-state index contributed by atoms with van der Waals surface area (Å²) in [5.74, 6) is -0.125. The van der Waals surface area contributed by atoms with Crippen LogP contribution < -0.4 is 10.9 Å². The van der Waals surface area contributed by atoms with Gasteiger partial charge in [0, 0.05) is 35.3 Å². The van der Waals surface area contributed by atoms with Gasteiger partial charge in [-0.25, -0.2) is 4.68 Å². The van der Waals surface area contributed by atoms with Gasteiger partial charge in [-0.2, -0.15) is 5.10 Å². The number of aromatic nitrogens is 2. The average Bonchev–Trinajstić information content (AvgIpc) is 2.64. The Morgan fingerprint density at radius 2 is 1.89 bits per heavy atom. The summed E-state index contributed by atoms with van der Waals surface area (Å²) in [5, 5.41) is 7.78. The standard InChI is InChI=1S/C21H20ClN3O2/c1-15-7-9-16(10-8-15)19-11-12-21(27)25(24-19)13-3-6-20(26)23-18-5-2-4-17(22)14-18/h2,4-5,7-12,14H,3,6,13H2,1H3,(H,23,26). The summed E-state index contributed by atoms with van der Waals surface area (Å²) in [6, 6.07) is 18.2. The van der Waals surface area contributed by atoms with Crippen molar-refractivity contribution < 1.29 is 4.79 Å². The van der Waals surface area contributed by atoms with E-state index in [4.69, 9.17) is 11.6 Å². The number of aryl methyl sites for hydroxylation is 2. The van der Waals surface area contributed by atoms with Crippen molar-refractivity contribution in [2.24, 2.45) is 0 Å². The Morgan fingerprint density at radius 3 is 2.63 bits per heavy atom. The molecule has 0 spiro atoms. The topological polar surface area (TPSA) is 64.0 Å². The Hall–Kier alpha value is -2.92. The molecule has 2 aromatic carbocycles. The van der Waals surface area contributed by atoms with Gasteiger partial charge in [0.1, 0.15) is 0 Å². The molecule has 1 aromatic heterocycles. The molecule has 0 saturated heterocycles. The Labute approximate surface area is 162 Å². The lowest BCUT2D eigenvalue weighted by molar-refractivity contribution is -0.116. The molecule has 0 aliphatic rings. The maximum Gasteiger partial charge on any atom is 0.266 e. The van der Waals surface area contributed by atoms with E-state index in [1.165, 1.54) is 10.7 Å². The van der Waals surface area contributed by atoms with Crippen LogP contribution in [0.4, 0.5) is 5.69 Å². The molecule has 1 N–H and O–H groups in total. The van der Waals surface area contributed by atoms with Gasteiger partial charge in [-0.05, 0) is 37.6 Å². The minimum atomic E-state index is -0.180. The van der Waals surface area contributed by atoms with E-state index in [0.29, 0.717) is 23.7 Å². The number of carbonyl (C=O) groups excluding carboxylic acids is 1. The van der Waals surface area contributed by atoms with E-state index < -0.39 is 0 Å². The number of benzene rings is 2. The smallest absolute Gasteiger partial charge is 0.266 e. The molecule has 0 atom stereocenters. The Kier molecular flexibility index (Phi) is 6.04. The summed E-state index contributed by atoms with van der Waals surface area (Å²) >= 11 is 5.91. The Balaban J connectivity index is 1.60. The molecule has 138 valence electrons. The second-order valence-corrected chi connectivity index (χ2v) is 6.74. The number of anilines is 1. The minimum absolute atomic E-state index is 0.125. The number of halogens is 1. The maximum atomic E-state index is 12.1. The van der Waals surface area contributed by atoms with Gasteiger partial charge in [0.25, 0.3) is 5.56 Å². The lowest BCUT2D eigenvalue weighted by Gasteiger charge is -2.08. The summed E-state index contributed by atoms with van der Waals surface area (Å²) in [7, 11) is 0. The highest BCUT2D eigenvalue weighted by Crippen LogP contribution is 2.16. The fraction of sp³-hybridized carbons (Fsp3) is 0.190. The molecule has 0 aliphatic carbocycles. The van der Waals surface area contributed by atoms with E-state index in [2.05, 4.69) is 10.4 Å². The first-order chi connectivity index (χ1) is 13.0. The zero-order chi connectivity index (χ0) is 19.2. The fourth-order valence-electron chi connectivity index (χ4n) is 2.67. The lowest BCUT2D eigenvalue weighted by Crippen LogP contribution is -2.23. The molecule has 0 fully saturated rings. The quantitative estimate of drug-likeness (QED) is 0.692. The molecule has 3 aromatic rings. The van der Waals surface area contributed by atoms with Crippen molar-refractivity contribution in [1.82, 2.24) is 9.78 Å². The van der Waals surface area contributed by atoms with Gasteiger partial charge >= 0.3 is 0 Å². The first kappa shape index (κ1) is 18.9. The zero-order valence-corrected chi connectivity index (χ0v) is 15.7. The van der Waals surface area contributed by atoms with E-state index in [-0.39, 0.29) is 17.9 Å². The fourth-order valence-corrected chi connectivity index (χ4v) is 2.86. The number of amides is 1. The van der Waals surface area contributed by atoms with E-state index in [1.807, 2.05) is 31.2 Å². The first-order valence-electron chi connectivity index (χ1n) is 8.72. The van der Waals surface area contributed by atoms with Gasteiger partial charge in [0.05, 0.1) is 5.69 Å². The number of nitrogens with zero attached hydrogens (tertiary/aromatic N) is 2. The van der Waals surface area contributed by atoms with E-state index in [9.17, 15) is 9.59 Å². The van der Waals surface area contributed by atoms with Crippen molar-refractivity contribution in [3.05, 3.63) is 81.6 Å². The molecule has 1 heterocycles. The molecule has 6 heteroatoms. The van der Waals surface area contributed by atoms with Crippen LogP contribution in [0, 0.1) is 6.92 Å². The summed E-state index contributed by atoms with van der Waals surface area (Å²) in [5.41, 5.74) is 3.33. The van der Waals surface area contributed by atoms with Gasteiger partial charge in [-0.15, -0.1) is 0 Å². The number of nitrogens with one attached hydrogen (secondary N) is 1. The van der Waals surface area contributed by atoms with Crippen molar-refractivity contribution in [2.75, 3.05) is 5.32 Å². The highest BCUT2D eigenvalue weighted by molar-refractivity contribution is 6.30. The van der Waals surface area contributed by atoms with Crippen molar-refractivity contribution in [3.63, 3.8) is 0 Å². The highest BCUT2D eigenvalue weighted by atomic mass is 35.5. The van der Waals surface area contributed by atoms with E-state index in [0.717, 1.165) is 16.8 Å². The van der Waals surface area contributed by atoms with E-state index in [1.54, 1.807) is 30.3 Å². The molecular formula is C21H20ClN3O2. The van der Waals surface area contributed by atoms with Crippen LogP contribution in [-0.2, 0) is 11.3 Å². The minimum Gasteiger partial charge on any atom is -0.326 e. The Morgan fingerprint density at radius 1 is 1.11 bits per heavy atom. The molecular weight excluding hydrogens is 362 g/mol. The summed E-state index contributed by atoms with van der Waals surface area (Å²) in [6.07, 6.45) is 0.798. The number of carbonyl (C=O) groups is 1. The summed E-state index contributed by atoms with van der Waals surface area (Å²) in [4.78, 5) is 24.1. The van der Waals surface area contributed by atoms with Crippen LogP contribution in [0.5, 0.6) is 0 Å². The van der Waals surface area contributed by atoms with Crippen molar-refractivity contribution in [2.45, 2.75) is 26.3 Å². The van der Waals surface area contributed by atoms with Gasteiger partial charge in [-0.1, -0.05) is 47.5 Å². The van der Waals surface area contributed by atoms with Crippen LogP contribution in [0.1, 0.15) is 18.4 Å². The SMILES string of the molecule is Cc1ccc(-c2ccc(=O)n(CCCC(=O)Nc3cccc(Cl)c3)n2)cc1. The molecule has 27 heavy (non-hydrogen) atoms. The maximum absolute atomic E-state index is 12.1. The monoisotopic (exact) mass is 381 g/mol. The van der Waals surface area contributed by atoms with Gasteiger partial charge in [-0.3, -0.25) is 9.59 Å². The largest absolute Gasteiger partial charge is 0.326 e. The molecule has 0 bridgehead atoms. The normalized spacial score (nSPS) is 10.6. The third-order valence-corrected chi connectivity index (χ3v) is 4.33. The van der Waals surface area contributed by atoms with Crippen LogP contribution >= 0.6 is 11.6 Å². The lowest BCUT2D eigenvalue weighted by atomic mass is 10.1. The first-order valence-corrected chi connectivity index (χ1v) is 9.10. The molecule has 5 nitrogen and oxygen atoms in total. The zero-order valence-electron chi connectivity index (χ0n) is 15.0. The van der Waals surface area contributed by atoms with Crippen LogP contribution in [-0.4, -0.2) is 15.7 Å². The molecule has 0 radical (unpaired) electrons. The van der Waals surface area contributed by atoms with Crippen molar-refractivity contribution in [1.29, 1.82) is 0 Å². The third-order valence-electron chi connectivity index (χ3n) is 4.10. The summed E-state index contributed by atoms with van der Waals surface area (Å²) in [6.45, 7) is 2.40. The highest BCUT2D eigenvalue weighted by Gasteiger charge is 2.06. The van der Waals surface area contributed by atoms with Gasteiger partial charge in [0.15, 0.2) is 0 Å². The van der Waals surface area contributed by atoms with Crippen molar-refractivity contribution in [3.8, 4) is 11.3 Å². The Bertz CT molecular complexity index is 997. The molecule has 0 aliphatic heterocycles. The second kappa shape index (κ2) is 8.64. The predicted molar refractivity (Wildman–Crippen MR) is 108 cm³/mol. The molecule has 1 amide bonds. The van der Waals surface area contributed by atoms with Crippen molar-refractivity contribution >= 4 is 23.2 Å².